The molecule has 0 bridgehead atoms. The molecule has 0 unspecified atom stereocenters. The highest BCUT2D eigenvalue weighted by Crippen LogP contribution is 2.37. The number of carbonyl (C=O) groups is 2. The number of nitrogens with one attached hydrogen (secondary N) is 2. The van der Waals surface area contributed by atoms with Crippen LogP contribution < -0.4 is 5.32 Å². The van der Waals surface area contributed by atoms with Gasteiger partial charge in [-0.2, -0.15) is 0 Å². The third-order valence-corrected chi connectivity index (χ3v) is 2.91. The summed E-state index contributed by atoms with van der Waals surface area (Å²) < 4.78 is 0. The van der Waals surface area contributed by atoms with Crippen molar-refractivity contribution in [3.63, 3.8) is 0 Å². The van der Waals surface area contributed by atoms with Crippen molar-refractivity contribution in [1.29, 1.82) is 0 Å². The van der Waals surface area contributed by atoms with Crippen molar-refractivity contribution in [2.75, 3.05) is 5.32 Å². The van der Waals surface area contributed by atoms with Crippen molar-refractivity contribution in [3.05, 3.63) is 35.7 Å². The first-order chi connectivity index (χ1) is 9.63. The zero-order valence-electron chi connectivity index (χ0n) is 10.3. The number of rotatable bonds is 4. The van der Waals surface area contributed by atoms with Crippen molar-refractivity contribution in [2.45, 2.75) is 18.8 Å². The summed E-state index contributed by atoms with van der Waals surface area (Å²) in [4.78, 5) is 30.4. The van der Waals surface area contributed by atoms with Gasteiger partial charge in [-0.05, 0) is 25.0 Å². The number of carboxylic acid groups (broad SMARTS) is 1. The van der Waals surface area contributed by atoms with Crippen LogP contribution >= 0.6 is 0 Å². The van der Waals surface area contributed by atoms with Crippen LogP contribution in [0.4, 0.5) is 5.69 Å². The van der Waals surface area contributed by atoms with Gasteiger partial charge in [0.05, 0.1) is 11.9 Å². The lowest BCUT2D eigenvalue weighted by atomic mass is 10.3. The number of aromatic amines is 1. The highest BCUT2D eigenvalue weighted by Gasteiger charge is 2.28. The molecule has 0 atom stereocenters. The highest BCUT2D eigenvalue weighted by molar-refractivity contribution is 6.01. The van der Waals surface area contributed by atoms with Crippen LogP contribution in [0.3, 0.4) is 0 Å². The molecular weight excluding hydrogens is 262 g/mol. The molecule has 0 saturated heterocycles. The Kier molecular flexibility index (Phi) is 2.90. The first kappa shape index (κ1) is 12.3. The van der Waals surface area contributed by atoms with Gasteiger partial charge in [-0.15, -0.1) is 5.10 Å². The second-order valence-corrected chi connectivity index (χ2v) is 4.51. The minimum absolute atomic E-state index is 0.0641. The molecule has 1 amide bonds. The Morgan fingerprint density at radius 1 is 1.35 bits per heavy atom. The second kappa shape index (κ2) is 4.72. The fraction of sp³-hybridized carbons (Fsp3) is 0.250. The molecule has 8 nitrogen and oxygen atoms in total. The summed E-state index contributed by atoms with van der Waals surface area (Å²) in [5, 5.41) is 17.9. The van der Waals surface area contributed by atoms with Crippen LogP contribution in [0, 0.1) is 0 Å². The number of carbonyl (C=O) groups excluding carboxylic acids is 1. The van der Waals surface area contributed by atoms with Gasteiger partial charge < -0.3 is 10.4 Å². The highest BCUT2D eigenvalue weighted by atomic mass is 16.4. The predicted molar refractivity (Wildman–Crippen MR) is 67.5 cm³/mol. The smallest absolute Gasteiger partial charge is 0.354 e. The Balaban J connectivity index is 1.69. The van der Waals surface area contributed by atoms with Gasteiger partial charge in [0.1, 0.15) is 11.5 Å². The average molecular weight is 273 g/mol. The Bertz CT molecular complexity index is 660. The summed E-state index contributed by atoms with van der Waals surface area (Å²) in [5.74, 6) is -0.395. The Morgan fingerprint density at radius 2 is 2.15 bits per heavy atom. The molecule has 1 saturated carbocycles. The van der Waals surface area contributed by atoms with Crippen LogP contribution in [-0.4, -0.2) is 37.1 Å². The lowest BCUT2D eigenvalue weighted by Gasteiger charge is -2.01. The maximum atomic E-state index is 11.9. The molecule has 8 heteroatoms. The van der Waals surface area contributed by atoms with Crippen LogP contribution in [0.15, 0.2) is 18.3 Å². The van der Waals surface area contributed by atoms with Crippen molar-refractivity contribution in [2.24, 2.45) is 0 Å². The van der Waals surface area contributed by atoms with Crippen molar-refractivity contribution in [3.8, 4) is 0 Å². The summed E-state index contributed by atoms with van der Waals surface area (Å²) in [7, 11) is 0. The zero-order chi connectivity index (χ0) is 14.1. The van der Waals surface area contributed by atoms with E-state index in [9.17, 15) is 9.59 Å². The van der Waals surface area contributed by atoms with Crippen LogP contribution in [0.25, 0.3) is 0 Å². The van der Waals surface area contributed by atoms with E-state index in [1.165, 1.54) is 18.3 Å². The minimum Gasteiger partial charge on any atom is -0.477 e. The first-order valence-electron chi connectivity index (χ1n) is 6.06. The molecule has 0 spiro atoms. The van der Waals surface area contributed by atoms with E-state index in [0.29, 0.717) is 11.6 Å². The van der Waals surface area contributed by atoms with Crippen LogP contribution in [0.1, 0.15) is 45.7 Å². The van der Waals surface area contributed by atoms with Gasteiger partial charge in [0.2, 0.25) is 5.82 Å². The molecule has 2 heterocycles. The maximum Gasteiger partial charge on any atom is 0.354 e. The number of aromatic nitrogens is 4. The van der Waals surface area contributed by atoms with Crippen LogP contribution in [0.5, 0.6) is 0 Å². The zero-order valence-corrected chi connectivity index (χ0v) is 10.3. The summed E-state index contributed by atoms with van der Waals surface area (Å²) in [5.41, 5.74) is 0.301. The molecular formula is C12H11N5O3. The summed E-state index contributed by atoms with van der Waals surface area (Å²) >= 11 is 0. The normalized spacial score (nSPS) is 14.0. The quantitative estimate of drug-likeness (QED) is 0.764. The number of carboxylic acids is 1. The first-order valence-corrected chi connectivity index (χ1v) is 6.06. The fourth-order valence-corrected chi connectivity index (χ4v) is 1.70. The van der Waals surface area contributed by atoms with Crippen molar-refractivity contribution < 1.29 is 14.7 Å². The van der Waals surface area contributed by atoms with Crippen molar-refractivity contribution >= 4 is 17.6 Å². The van der Waals surface area contributed by atoms with Gasteiger partial charge in [0.15, 0.2) is 0 Å². The lowest BCUT2D eigenvalue weighted by Crippen LogP contribution is -2.14. The Hall–Kier alpha value is -2.77. The molecule has 102 valence electrons. The number of aromatic carboxylic acids is 1. The SMILES string of the molecule is O=C(O)c1ccc(NC(=O)c2n[nH]c(C3CC3)n2)cn1. The number of nitrogens with zero attached hydrogens (tertiary/aromatic N) is 3. The summed E-state index contributed by atoms with van der Waals surface area (Å²) in [6.45, 7) is 0. The largest absolute Gasteiger partial charge is 0.477 e. The van der Waals surface area contributed by atoms with E-state index in [4.69, 9.17) is 5.11 Å². The predicted octanol–water partition coefficient (Wildman–Crippen LogP) is 1.03. The molecule has 1 aliphatic carbocycles. The number of hydrogen-bond acceptors (Lipinski definition) is 5. The maximum absolute atomic E-state index is 11.9. The standard InChI is InChI=1S/C12H11N5O3/c18-11(10-15-9(16-17-10)6-1-2-6)14-7-3-4-8(12(19)20)13-5-7/h3-6H,1-2H2,(H,14,18)(H,19,20)(H,15,16,17). The number of pyridine rings is 1. The molecule has 1 fully saturated rings. The van der Waals surface area contributed by atoms with E-state index in [-0.39, 0.29) is 11.5 Å². The average Bonchev–Trinajstić information content (AvgIpc) is 3.17. The minimum atomic E-state index is -1.12. The van der Waals surface area contributed by atoms with Gasteiger partial charge >= 0.3 is 5.97 Å². The number of H-pyrrole nitrogens is 1. The Labute approximate surface area is 113 Å². The van der Waals surface area contributed by atoms with E-state index in [1.807, 2.05) is 0 Å². The monoisotopic (exact) mass is 273 g/mol. The molecule has 2 aromatic rings. The van der Waals surface area contributed by atoms with E-state index < -0.39 is 11.9 Å². The molecule has 0 aliphatic heterocycles. The van der Waals surface area contributed by atoms with Gasteiger partial charge in [0.25, 0.3) is 5.91 Å². The molecule has 3 rings (SSSR count). The van der Waals surface area contributed by atoms with Gasteiger partial charge in [0, 0.05) is 5.92 Å². The van der Waals surface area contributed by atoms with Gasteiger partial charge in [-0.1, -0.05) is 0 Å². The van der Waals surface area contributed by atoms with E-state index in [2.05, 4.69) is 25.5 Å². The number of amides is 1. The van der Waals surface area contributed by atoms with Crippen LogP contribution in [0.2, 0.25) is 0 Å². The molecule has 20 heavy (non-hydrogen) atoms. The number of hydrogen-bond donors (Lipinski definition) is 3. The van der Waals surface area contributed by atoms with Crippen LogP contribution in [-0.2, 0) is 0 Å². The van der Waals surface area contributed by atoms with E-state index in [0.717, 1.165) is 18.7 Å². The molecule has 2 aromatic heterocycles. The second-order valence-electron chi connectivity index (χ2n) is 4.51. The Morgan fingerprint density at radius 3 is 2.75 bits per heavy atom. The third-order valence-electron chi connectivity index (χ3n) is 2.91. The number of anilines is 1. The van der Waals surface area contributed by atoms with E-state index in [1.54, 1.807) is 0 Å². The topological polar surface area (TPSA) is 121 Å². The van der Waals surface area contributed by atoms with Gasteiger partial charge in [-0.25, -0.2) is 14.8 Å². The summed E-state index contributed by atoms with van der Waals surface area (Å²) in [6, 6.07) is 2.77. The summed E-state index contributed by atoms with van der Waals surface area (Å²) in [6.07, 6.45) is 3.41. The molecule has 0 aromatic carbocycles. The lowest BCUT2D eigenvalue weighted by molar-refractivity contribution is 0.0690. The molecule has 1 aliphatic rings. The fourth-order valence-electron chi connectivity index (χ4n) is 1.70. The van der Waals surface area contributed by atoms with E-state index >= 15 is 0 Å². The van der Waals surface area contributed by atoms with Crippen molar-refractivity contribution in [1.82, 2.24) is 20.2 Å². The third kappa shape index (κ3) is 2.48. The molecule has 0 radical (unpaired) electrons. The van der Waals surface area contributed by atoms with Gasteiger partial charge in [-0.3, -0.25) is 9.89 Å². The molecule has 3 N–H and O–H groups in total.